The van der Waals surface area contributed by atoms with Crippen LogP contribution in [-0.2, 0) is 9.47 Å². The minimum atomic E-state index is -3.02. The largest absolute Gasteiger partial charge is 0.432 e. The van der Waals surface area contributed by atoms with E-state index >= 15 is 0 Å². The SMILES string of the molecule is CCCC1COC(C2CCC(c3ccc(OC(F)F)c(F)c3)CC2)OC1. The number of hydrogen-bond acceptors (Lipinski definition) is 3. The summed E-state index contributed by atoms with van der Waals surface area (Å²) in [5.74, 6) is -0.0173. The Balaban J connectivity index is 1.50. The van der Waals surface area contributed by atoms with E-state index in [0.717, 1.165) is 57.3 Å². The van der Waals surface area contributed by atoms with Gasteiger partial charge < -0.3 is 14.2 Å². The fraction of sp³-hybridized carbons (Fsp3) is 0.700. The Morgan fingerprint density at radius 2 is 1.81 bits per heavy atom. The van der Waals surface area contributed by atoms with Crippen molar-refractivity contribution in [2.45, 2.75) is 64.3 Å². The first kappa shape index (κ1) is 19.5. The molecule has 146 valence electrons. The van der Waals surface area contributed by atoms with Gasteiger partial charge in [0.2, 0.25) is 0 Å². The molecule has 1 heterocycles. The van der Waals surface area contributed by atoms with Gasteiger partial charge in [-0.1, -0.05) is 19.4 Å². The Bertz CT molecular complexity index is 565. The molecule has 0 atom stereocenters. The van der Waals surface area contributed by atoms with Crippen LogP contribution in [0, 0.1) is 17.7 Å². The Kier molecular flexibility index (Phi) is 6.81. The predicted molar refractivity (Wildman–Crippen MR) is 91.8 cm³/mol. The smallest absolute Gasteiger partial charge is 0.387 e. The van der Waals surface area contributed by atoms with Crippen LogP contribution in [0.1, 0.15) is 56.9 Å². The lowest BCUT2D eigenvalue weighted by Crippen LogP contribution is -2.38. The van der Waals surface area contributed by atoms with Gasteiger partial charge >= 0.3 is 6.61 Å². The third-order valence-corrected chi connectivity index (χ3v) is 5.49. The molecule has 1 aliphatic carbocycles. The molecule has 0 N–H and O–H groups in total. The summed E-state index contributed by atoms with van der Waals surface area (Å²) in [4.78, 5) is 0. The summed E-state index contributed by atoms with van der Waals surface area (Å²) >= 11 is 0. The Morgan fingerprint density at radius 1 is 1.12 bits per heavy atom. The second kappa shape index (κ2) is 9.09. The second-order valence-electron chi connectivity index (χ2n) is 7.37. The topological polar surface area (TPSA) is 27.7 Å². The molecule has 3 rings (SSSR count). The Hall–Kier alpha value is -1.27. The van der Waals surface area contributed by atoms with Crippen LogP contribution in [0.2, 0.25) is 0 Å². The lowest BCUT2D eigenvalue weighted by Gasteiger charge is -2.37. The van der Waals surface area contributed by atoms with Gasteiger partial charge in [0, 0.05) is 11.8 Å². The average Bonchev–Trinajstić information content (AvgIpc) is 2.64. The first-order valence-corrected chi connectivity index (χ1v) is 9.54. The van der Waals surface area contributed by atoms with Gasteiger partial charge in [0.1, 0.15) is 0 Å². The summed E-state index contributed by atoms with van der Waals surface area (Å²) in [7, 11) is 0. The molecule has 0 amide bonds. The van der Waals surface area contributed by atoms with Gasteiger partial charge in [-0.3, -0.25) is 0 Å². The van der Waals surface area contributed by atoms with E-state index in [1.54, 1.807) is 6.07 Å². The van der Waals surface area contributed by atoms with Gasteiger partial charge in [0.15, 0.2) is 17.9 Å². The van der Waals surface area contributed by atoms with E-state index < -0.39 is 18.2 Å². The fourth-order valence-electron chi connectivity index (χ4n) is 4.09. The van der Waals surface area contributed by atoms with Crippen LogP contribution in [-0.4, -0.2) is 26.1 Å². The van der Waals surface area contributed by atoms with Crippen LogP contribution >= 0.6 is 0 Å². The third kappa shape index (κ3) is 4.92. The van der Waals surface area contributed by atoms with Crippen molar-refractivity contribution in [3.63, 3.8) is 0 Å². The van der Waals surface area contributed by atoms with Crippen LogP contribution in [0.3, 0.4) is 0 Å². The van der Waals surface area contributed by atoms with E-state index in [1.165, 1.54) is 12.1 Å². The maximum Gasteiger partial charge on any atom is 0.387 e. The standard InChI is InChI=1S/C20H27F3O3/c1-2-3-13-11-24-19(25-12-13)15-6-4-14(5-7-15)16-8-9-18(17(21)10-16)26-20(22)23/h8-10,13-15,19-20H,2-7,11-12H2,1H3. The van der Waals surface area contributed by atoms with Crippen molar-refractivity contribution in [2.75, 3.05) is 13.2 Å². The van der Waals surface area contributed by atoms with E-state index in [4.69, 9.17) is 9.47 Å². The highest BCUT2D eigenvalue weighted by Gasteiger charge is 2.32. The molecule has 1 saturated carbocycles. The summed E-state index contributed by atoms with van der Waals surface area (Å²) in [5.41, 5.74) is 0.844. The van der Waals surface area contributed by atoms with Gasteiger partial charge in [-0.25, -0.2) is 4.39 Å². The molecule has 2 fully saturated rings. The van der Waals surface area contributed by atoms with Crippen LogP contribution in [0.15, 0.2) is 18.2 Å². The Morgan fingerprint density at radius 3 is 2.38 bits per heavy atom. The fourth-order valence-corrected chi connectivity index (χ4v) is 4.09. The number of halogens is 3. The summed E-state index contributed by atoms with van der Waals surface area (Å²) in [5, 5.41) is 0. The highest BCUT2D eigenvalue weighted by molar-refractivity contribution is 5.31. The molecule has 0 bridgehead atoms. The summed E-state index contributed by atoms with van der Waals surface area (Å²) < 4.78 is 54.4. The van der Waals surface area contributed by atoms with Crippen molar-refractivity contribution in [1.29, 1.82) is 0 Å². The molecule has 1 saturated heterocycles. The molecule has 6 heteroatoms. The quantitative estimate of drug-likeness (QED) is 0.661. The number of benzene rings is 1. The van der Waals surface area contributed by atoms with Gasteiger partial charge in [0.25, 0.3) is 0 Å². The van der Waals surface area contributed by atoms with Gasteiger partial charge in [-0.15, -0.1) is 0 Å². The van der Waals surface area contributed by atoms with Crippen molar-refractivity contribution >= 4 is 0 Å². The summed E-state index contributed by atoms with van der Waals surface area (Å²) in [6.45, 7) is 0.700. The molecule has 0 unspecified atom stereocenters. The first-order chi connectivity index (χ1) is 12.6. The Labute approximate surface area is 152 Å². The normalized spacial score (nSPS) is 29.7. The van der Waals surface area contributed by atoms with E-state index in [9.17, 15) is 13.2 Å². The molecule has 1 aliphatic heterocycles. The number of alkyl halides is 2. The zero-order valence-corrected chi connectivity index (χ0v) is 15.1. The minimum absolute atomic E-state index is 0.123. The zero-order valence-electron chi connectivity index (χ0n) is 15.1. The zero-order chi connectivity index (χ0) is 18.5. The van der Waals surface area contributed by atoms with Crippen LogP contribution < -0.4 is 4.74 Å². The van der Waals surface area contributed by atoms with Crippen LogP contribution in [0.5, 0.6) is 5.75 Å². The first-order valence-electron chi connectivity index (χ1n) is 9.54. The molecule has 0 aromatic heterocycles. The minimum Gasteiger partial charge on any atom is -0.432 e. The van der Waals surface area contributed by atoms with Crippen molar-refractivity contribution in [3.05, 3.63) is 29.6 Å². The molecule has 26 heavy (non-hydrogen) atoms. The lowest BCUT2D eigenvalue weighted by molar-refractivity contribution is -0.229. The van der Waals surface area contributed by atoms with Crippen molar-refractivity contribution in [2.24, 2.45) is 11.8 Å². The molecule has 0 radical (unpaired) electrons. The van der Waals surface area contributed by atoms with Crippen LogP contribution in [0.4, 0.5) is 13.2 Å². The van der Waals surface area contributed by atoms with E-state index in [2.05, 4.69) is 11.7 Å². The van der Waals surface area contributed by atoms with Crippen LogP contribution in [0.25, 0.3) is 0 Å². The van der Waals surface area contributed by atoms with Gasteiger partial charge in [0.05, 0.1) is 13.2 Å². The number of rotatable bonds is 6. The molecule has 1 aromatic rings. The monoisotopic (exact) mass is 372 g/mol. The van der Waals surface area contributed by atoms with E-state index in [-0.39, 0.29) is 12.2 Å². The molecule has 2 aliphatic rings. The molecular weight excluding hydrogens is 345 g/mol. The van der Waals surface area contributed by atoms with E-state index in [1.807, 2.05) is 0 Å². The molecular formula is C20H27F3O3. The number of hydrogen-bond donors (Lipinski definition) is 0. The summed E-state index contributed by atoms with van der Waals surface area (Å²) in [6, 6.07) is 4.31. The third-order valence-electron chi connectivity index (χ3n) is 5.49. The number of ether oxygens (including phenoxy) is 3. The lowest BCUT2D eigenvalue weighted by atomic mass is 9.78. The van der Waals surface area contributed by atoms with Crippen molar-refractivity contribution < 1.29 is 27.4 Å². The maximum absolute atomic E-state index is 13.9. The predicted octanol–water partition coefficient (Wildman–Crippen LogP) is 5.49. The highest BCUT2D eigenvalue weighted by atomic mass is 19.3. The second-order valence-corrected chi connectivity index (χ2v) is 7.37. The van der Waals surface area contributed by atoms with Crippen molar-refractivity contribution in [1.82, 2.24) is 0 Å². The van der Waals surface area contributed by atoms with Gasteiger partial charge in [-0.2, -0.15) is 8.78 Å². The highest BCUT2D eigenvalue weighted by Crippen LogP contribution is 2.39. The average molecular weight is 372 g/mol. The van der Waals surface area contributed by atoms with E-state index in [0.29, 0.717) is 11.8 Å². The molecule has 0 spiro atoms. The summed E-state index contributed by atoms with van der Waals surface area (Å²) in [6.07, 6.45) is 5.92. The van der Waals surface area contributed by atoms with Gasteiger partial charge in [-0.05, 0) is 55.7 Å². The maximum atomic E-state index is 13.9. The molecule has 1 aromatic carbocycles. The van der Waals surface area contributed by atoms with Crippen molar-refractivity contribution in [3.8, 4) is 5.75 Å². The molecule has 3 nitrogen and oxygen atoms in total.